The summed E-state index contributed by atoms with van der Waals surface area (Å²) in [5.41, 5.74) is 0.585. The van der Waals surface area contributed by atoms with Crippen molar-refractivity contribution in [1.82, 2.24) is 5.32 Å². The van der Waals surface area contributed by atoms with Gasteiger partial charge < -0.3 is 10.1 Å². The Bertz CT molecular complexity index is 154. The molecule has 1 rings (SSSR count). The molecule has 2 heteroatoms. The Morgan fingerprint density at radius 1 is 1.38 bits per heavy atom. The van der Waals surface area contributed by atoms with Gasteiger partial charge in [-0.3, -0.25) is 0 Å². The zero-order chi connectivity index (χ0) is 9.90. The zero-order valence-corrected chi connectivity index (χ0v) is 9.39. The van der Waals surface area contributed by atoms with E-state index in [1.165, 1.54) is 12.8 Å². The van der Waals surface area contributed by atoms with Gasteiger partial charge in [-0.2, -0.15) is 0 Å². The predicted molar refractivity (Wildman–Crippen MR) is 55.9 cm³/mol. The van der Waals surface area contributed by atoms with Crippen molar-refractivity contribution in [2.75, 3.05) is 13.7 Å². The van der Waals surface area contributed by atoms with Gasteiger partial charge in [-0.1, -0.05) is 6.92 Å². The molecule has 2 atom stereocenters. The van der Waals surface area contributed by atoms with Crippen LogP contribution in [0.1, 0.15) is 40.0 Å². The Morgan fingerprint density at radius 3 is 2.46 bits per heavy atom. The fraction of sp³-hybridized carbons (Fsp3) is 1.00. The summed E-state index contributed by atoms with van der Waals surface area (Å²) in [4.78, 5) is 0. The van der Waals surface area contributed by atoms with Gasteiger partial charge in [0.25, 0.3) is 0 Å². The maximum absolute atomic E-state index is 5.06. The SMILES string of the molecule is COCCC(C)NC(C)C1(C)CC1. The molecule has 1 aliphatic carbocycles. The molecule has 0 radical (unpaired) electrons. The van der Waals surface area contributed by atoms with Crippen molar-refractivity contribution in [1.29, 1.82) is 0 Å². The molecule has 0 heterocycles. The molecule has 0 aliphatic heterocycles. The van der Waals surface area contributed by atoms with Crippen LogP contribution in [-0.4, -0.2) is 25.8 Å². The number of nitrogens with one attached hydrogen (secondary N) is 1. The lowest BCUT2D eigenvalue weighted by Gasteiger charge is -2.24. The monoisotopic (exact) mass is 185 g/mol. The standard InChI is InChI=1S/C11H23NO/c1-9(5-8-13-4)12-10(2)11(3)6-7-11/h9-10,12H,5-8H2,1-4H3. The average Bonchev–Trinajstić information content (AvgIpc) is 2.81. The van der Waals surface area contributed by atoms with Crippen LogP contribution in [0.2, 0.25) is 0 Å². The van der Waals surface area contributed by atoms with Crippen LogP contribution < -0.4 is 5.32 Å². The van der Waals surface area contributed by atoms with Gasteiger partial charge in [-0.05, 0) is 38.5 Å². The second-order valence-electron chi connectivity index (χ2n) is 4.72. The second-order valence-corrected chi connectivity index (χ2v) is 4.72. The fourth-order valence-corrected chi connectivity index (χ4v) is 1.64. The van der Waals surface area contributed by atoms with E-state index in [0.29, 0.717) is 17.5 Å². The highest BCUT2D eigenvalue weighted by Gasteiger charge is 2.42. The number of methoxy groups -OCH3 is 1. The lowest BCUT2D eigenvalue weighted by Crippen LogP contribution is -2.40. The van der Waals surface area contributed by atoms with Crippen LogP contribution in [0.5, 0.6) is 0 Å². The van der Waals surface area contributed by atoms with E-state index in [9.17, 15) is 0 Å². The zero-order valence-electron chi connectivity index (χ0n) is 9.39. The van der Waals surface area contributed by atoms with Crippen molar-refractivity contribution in [2.24, 2.45) is 5.41 Å². The average molecular weight is 185 g/mol. The van der Waals surface area contributed by atoms with Gasteiger partial charge in [0.1, 0.15) is 0 Å². The molecule has 0 amide bonds. The quantitative estimate of drug-likeness (QED) is 0.685. The first-order valence-electron chi connectivity index (χ1n) is 5.33. The summed E-state index contributed by atoms with van der Waals surface area (Å²) < 4.78 is 5.06. The summed E-state index contributed by atoms with van der Waals surface area (Å²) in [6.45, 7) is 7.77. The van der Waals surface area contributed by atoms with Crippen molar-refractivity contribution in [3.63, 3.8) is 0 Å². The smallest absolute Gasteiger partial charge is 0.0476 e. The Kier molecular flexibility index (Phi) is 3.74. The van der Waals surface area contributed by atoms with Gasteiger partial charge in [-0.25, -0.2) is 0 Å². The predicted octanol–water partition coefficient (Wildman–Crippen LogP) is 2.19. The van der Waals surface area contributed by atoms with E-state index in [0.717, 1.165) is 13.0 Å². The van der Waals surface area contributed by atoms with Crippen molar-refractivity contribution in [2.45, 2.75) is 52.1 Å². The Morgan fingerprint density at radius 2 is 2.00 bits per heavy atom. The highest BCUT2D eigenvalue weighted by Crippen LogP contribution is 2.48. The first-order chi connectivity index (χ1) is 6.08. The summed E-state index contributed by atoms with van der Waals surface area (Å²) in [6.07, 6.45) is 3.88. The summed E-state index contributed by atoms with van der Waals surface area (Å²) in [5, 5.41) is 3.64. The van der Waals surface area contributed by atoms with Crippen LogP contribution in [0.25, 0.3) is 0 Å². The van der Waals surface area contributed by atoms with Crippen LogP contribution in [0, 0.1) is 5.41 Å². The van der Waals surface area contributed by atoms with Crippen LogP contribution >= 0.6 is 0 Å². The van der Waals surface area contributed by atoms with E-state index in [1.807, 2.05) is 0 Å². The van der Waals surface area contributed by atoms with E-state index < -0.39 is 0 Å². The Balaban J connectivity index is 2.15. The van der Waals surface area contributed by atoms with E-state index >= 15 is 0 Å². The lowest BCUT2D eigenvalue weighted by molar-refractivity contribution is 0.180. The van der Waals surface area contributed by atoms with Crippen molar-refractivity contribution in [3.8, 4) is 0 Å². The van der Waals surface area contributed by atoms with E-state index in [4.69, 9.17) is 4.74 Å². The first kappa shape index (κ1) is 11.0. The molecule has 13 heavy (non-hydrogen) atoms. The maximum Gasteiger partial charge on any atom is 0.0476 e. The molecule has 0 aromatic rings. The molecule has 78 valence electrons. The molecule has 1 saturated carbocycles. The van der Waals surface area contributed by atoms with Crippen LogP contribution in [0.4, 0.5) is 0 Å². The number of ether oxygens (including phenoxy) is 1. The third kappa shape index (κ3) is 3.28. The topological polar surface area (TPSA) is 21.3 Å². The summed E-state index contributed by atoms with van der Waals surface area (Å²) >= 11 is 0. The van der Waals surface area contributed by atoms with Crippen LogP contribution in [0.3, 0.4) is 0 Å². The summed E-state index contributed by atoms with van der Waals surface area (Å²) in [7, 11) is 1.76. The molecule has 2 nitrogen and oxygen atoms in total. The van der Waals surface area contributed by atoms with Crippen LogP contribution in [0.15, 0.2) is 0 Å². The molecule has 1 fully saturated rings. The van der Waals surface area contributed by atoms with Gasteiger partial charge in [0, 0.05) is 25.8 Å². The van der Waals surface area contributed by atoms with Gasteiger partial charge in [-0.15, -0.1) is 0 Å². The maximum atomic E-state index is 5.06. The van der Waals surface area contributed by atoms with Crippen molar-refractivity contribution >= 4 is 0 Å². The van der Waals surface area contributed by atoms with Crippen molar-refractivity contribution in [3.05, 3.63) is 0 Å². The summed E-state index contributed by atoms with van der Waals surface area (Å²) in [5.74, 6) is 0. The lowest BCUT2D eigenvalue weighted by atomic mass is 10.00. The molecule has 1 aliphatic rings. The molecule has 0 aromatic heterocycles. The van der Waals surface area contributed by atoms with Crippen molar-refractivity contribution < 1.29 is 4.74 Å². The Hall–Kier alpha value is -0.0800. The number of rotatable bonds is 6. The minimum atomic E-state index is 0.576. The largest absolute Gasteiger partial charge is 0.385 e. The molecular formula is C11H23NO. The third-order valence-electron chi connectivity index (χ3n) is 3.37. The molecule has 0 bridgehead atoms. The molecule has 0 spiro atoms. The minimum absolute atomic E-state index is 0.576. The fourth-order valence-electron chi connectivity index (χ4n) is 1.64. The number of hydrogen-bond donors (Lipinski definition) is 1. The third-order valence-corrected chi connectivity index (χ3v) is 3.37. The summed E-state index contributed by atoms with van der Waals surface area (Å²) in [6, 6.07) is 1.23. The second kappa shape index (κ2) is 4.43. The highest BCUT2D eigenvalue weighted by molar-refractivity contribution is 4.97. The highest BCUT2D eigenvalue weighted by atomic mass is 16.5. The van der Waals surface area contributed by atoms with Gasteiger partial charge in [0.15, 0.2) is 0 Å². The minimum Gasteiger partial charge on any atom is -0.385 e. The molecule has 0 aromatic carbocycles. The van der Waals surface area contributed by atoms with E-state index in [1.54, 1.807) is 7.11 Å². The first-order valence-corrected chi connectivity index (χ1v) is 5.33. The van der Waals surface area contributed by atoms with Crippen LogP contribution in [-0.2, 0) is 4.74 Å². The normalized spacial score (nSPS) is 24.0. The van der Waals surface area contributed by atoms with E-state index in [2.05, 4.69) is 26.1 Å². The molecular weight excluding hydrogens is 162 g/mol. The molecule has 0 saturated heterocycles. The molecule has 2 unspecified atom stereocenters. The molecule has 1 N–H and O–H groups in total. The number of hydrogen-bond acceptors (Lipinski definition) is 2. The van der Waals surface area contributed by atoms with Gasteiger partial charge >= 0.3 is 0 Å². The Labute approximate surface area is 82.0 Å². The van der Waals surface area contributed by atoms with E-state index in [-0.39, 0.29) is 0 Å². The van der Waals surface area contributed by atoms with Gasteiger partial charge in [0.05, 0.1) is 0 Å². The van der Waals surface area contributed by atoms with Gasteiger partial charge in [0.2, 0.25) is 0 Å².